The molecule has 1 saturated heterocycles. The van der Waals surface area contributed by atoms with Gasteiger partial charge in [-0.25, -0.2) is 0 Å². The van der Waals surface area contributed by atoms with Gasteiger partial charge in [0.15, 0.2) is 0 Å². The summed E-state index contributed by atoms with van der Waals surface area (Å²) in [7, 11) is 0. The highest BCUT2D eigenvalue weighted by Crippen LogP contribution is 2.09. The Morgan fingerprint density at radius 1 is 1.06 bits per heavy atom. The zero-order valence-electron chi connectivity index (χ0n) is 10.5. The summed E-state index contributed by atoms with van der Waals surface area (Å²) in [6, 6.07) is 8.33. The summed E-state index contributed by atoms with van der Waals surface area (Å²) in [5.41, 5.74) is 2.32. The van der Waals surface area contributed by atoms with Crippen molar-refractivity contribution in [3.8, 4) is 12.3 Å². The first-order valence-corrected chi connectivity index (χ1v) is 6.32. The Balaban J connectivity index is 1.87. The molecule has 0 aliphatic carbocycles. The fraction of sp³-hybridized carbons (Fsp3) is 0.467. The molecule has 0 amide bonds. The predicted octanol–water partition coefficient (Wildman–Crippen LogP) is 1.81. The lowest BCUT2D eigenvalue weighted by molar-refractivity contribution is 0.132. The minimum absolute atomic E-state index is 0.963. The molecule has 0 N–H and O–H groups in total. The van der Waals surface area contributed by atoms with Crippen molar-refractivity contribution in [2.45, 2.75) is 13.5 Å². The van der Waals surface area contributed by atoms with Crippen molar-refractivity contribution in [1.82, 2.24) is 9.80 Å². The van der Waals surface area contributed by atoms with Gasteiger partial charge in [-0.1, -0.05) is 25.0 Å². The van der Waals surface area contributed by atoms with Crippen LogP contribution in [-0.4, -0.2) is 42.5 Å². The second-order valence-corrected chi connectivity index (χ2v) is 4.55. The Kier molecular flexibility index (Phi) is 4.19. The van der Waals surface area contributed by atoms with E-state index in [4.69, 9.17) is 6.42 Å². The van der Waals surface area contributed by atoms with Crippen LogP contribution in [0, 0.1) is 12.3 Å². The zero-order valence-corrected chi connectivity index (χ0v) is 10.5. The predicted molar refractivity (Wildman–Crippen MR) is 71.8 cm³/mol. The van der Waals surface area contributed by atoms with E-state index in [-0.39, 0.29) is 0 Å². The standard InChI is InChI=1S/C15H20N2/c1-3-14-5-7-15(8-6-14)13-17-11-9-16(4-2)10-12-17/h1,5-8H,4,9-13H2,2H3. The zero-order chi connectivity index (χ0) is 12.1. The molecule has 0 saturated carbocycles. The van der Waals surface area contributed by atoms with E-state index in [0.717, 1.165) is 12.1 Å². The van der Waals surface area contributed by atoms with Gasteiger partial charge in [0.05, 0.1) is 0 Å². The molecule has 0 bridgehead atoms. The Morgan fingerprint density at radius 2 is 1.65 bits per heavy atom. The van der Waals surface area contributed by atoms with Crippen molar-refractivity contribution >= 4 is 0 Å². The van der Waals surface area contributed by atoms with Crippen LogP contribution in [-0.2, 0) is 6.54 Å². The Bertz CT molecular complexity index is 380. The third-order valence-corrected chi connectivity index (χ3v) is 3.44. The topological polar surface area (TPSA) is 6.48 Å². The van der Waals surface area contributed by atoms with Crippen LogP contribution in [0.2, 0.25) is 0 Å². The molecule has 90 valence electrons. The molecule has 0 unspecified atom stereocenters. The van der Waals surface area contributed by atoms with Crippen LogP contribution in [0.4, 0.5) is 0 Å². The maximum absolute atomic E-state index is 5.35. The van der Waals surface area contributed by atoms with Crippen molar-refractivity contribution in [2.24, 2.45) is 0 Å². The molecule has 0 spiro atoms. The summed E-state index contributed by atoms with van der Waals surface area (Å²) < 4.78 is 0. The number of nitrogens with zero attached hydrogens (tertiary/aromatic N) is 2. The fourth-order valence-electron chi connectivity index (χ4n) is 2.23. The lowest BCUT2D eigenvalue weighted by Gasteiger charge is -2.34. The number of hydrogen-bond acceptors (Lipinski definition) is 2. The van der Waals surface area contributed by atoms with Crippen LogP contribution in [0.15, 0.2) is 24.3 Å². The van der Waals surface area contributed by atoms with E-state index in [9.17, 15) is 0 Å². The number of terminal acetylenes is 1. The molecule has 1 fully saturated rings. The van der Waals surface area contributed by atoms with Gasteiger partial charge in [0.2, 0.25) is 0 Å². The number of benzene rings is 1. The molecule has 1 aromatic carbocycles. The van der Waals surface area contributed by atoms with Gasteiger partial charge in [-0.3, -0.25) is 4.90 Å². The summed E-state index contributed by atoms with van der Waals surface area (Å²) in [5.74, 6) is 2.65. The molecule has 1 aliphatic rings. The summed E-state index contributed by atoms with van der Waals surface area (Å²) in [6.07, 6.45) is 5.35. The minimum atomic E-state index is 0.963. The van der Waals surface area contributed by atoms with Crippen molar-refractivity contribution in [3.63, 3.8) is 0 Å². The van der Waals surface area contributed by atoms with Crippen LogP contribution >= 0.6 is 0 Å². The van der Waals surface area contributed by atoms with Crippen LogP contribution in [0.5, 0.6) is 0 Å². The third kappa shape index (κ3) is 3.33. The lowest BCUT2D eigenvalue weighted by atomic mass is 10.1. The molecule has 2 nitrogen and oxygen atoms in total. The van der Waals surface area contributed by atoms with Gasteiger partial charge in [0, 0.05) is 38.3 Å². The molecule has 1 aromatic rings. The summed E-state index contributed by atoms with van der Waals surface area (Å²) in [6.45, 7) is 9.18. The maximum Gasteiger partial charge on any atom is 0.0242 e. The molecule has 2 heteroatoms. The van der Waals surface area contributed by atoms with E-state index in [0.29, 0.717) is 0 Å². The first-order valence-electron chi connectivity index (χ1n) is 6.32. The molecule has 17 heavy (non-hydrogen) atoms. The highest BCUT2D eigenvalue weighted by atomic mass is 15.3. The number of hydrogen-bond donors (Lipinski definition) is 0. The second-order valence-electron chi connectivity index (χ2n) is 4.55. The van der Waals surface area contributed by atoms with Gasteiger partial charge < -0.3 is 4.90 Å². The van der Waals surface area contributed by atoms with Gasteiger partial charge in [-0.15, -0.1) is 6.42 Å². The van der Waals surface area contributed by atoms with Crippen molar-refractivity contribution in [3.05, 3.63) is 35.4 Å². The smallest absolute Gasteiger partial charge is 0.0242 e. The lowest BCUT2D eigenvalue weighted by Crippen LogP contribution is -2.45. The second kappa shape index (κ2) is 5.86. The monoisotopic (exact) mass is 228 g/mol. The molecular weight excluding hydrogens is 208 g/mol. The third-order valence-electron chi connectivity index (χ3n) is 3.44. The molecule has 0 radical (unpaired) electrons. The average molecular weight is 228 g/mol. The van der Waals surface area contributed by atoms with Crippen LogP contribution in [0.1, 0.15) is 18.1 Å². The van der Waals surface area contributed by atoms with E-state index in [1.165, 1.54) is 38.3 Å². The van der Waals surface area contributed by atoms with E-state index < -0.39 is 0 Å². The maximum atomic E-state index is 5.35. The SMILES string of the molecule is C#Cc1ccc(CN2CCN(CC)CC2)cc1. The molecule has 1 aliphatic heterocycles. The molecule has 1 heterocycles. The van der Waals surface area contributed by atoms with E-state index in [1.807, 2.05) is 12.1 Å². The number of piperazine rings is 1. The Morgan fingerprint density at radius 3 is 2.18 bits per heavy atom. The van der Waals surface area contributed by atoms with Crippen molar-refractivity contribution < 1.29 is 0 Å². The summed E-state index contributed by atoms with van der Waals surface area (Å²) in [5, 5.41) is 0. The van der Waals surface area contributed by atoms with E-state index in [2.05, 4.69) is 34.8 Å². The molecule has 2 rings (SSSR count). The summed E-state index contributed by atoms with van der Waals surface area (Å²) >= 11 is 0. The molecule has 0 aromatic heterocycles. The Labute approximate surface area is 104 Å². The first-order chi connectivity index (χ1) is 8.31. The van der Waals surface area contributed by atoms with Gasteiger partial charge in [0.25, 0.3) is 0 Å². The van der Waals surface area contributed by atoms with Gasteiger partial charge in [-0.05, 0) is 24.2 Å². The average Bonchev–Trinajstić information content (AvgIpc) is 2.40. The van der Waals surface area contributed by atoms with Crippen LogP contribution in [0.25, 0.3) is 0 Å². The van der Waals surface area contributed by atoms with Gasteiger partial charge in [0.1, 0.15) is 0 Å². The normalized spacial score (nSPS) is 17.9. The highest BCUT2D eigenvalue weighted by Gasteiger charge is 2.15. The largest absolute Gasteiger partial charge is 0.301 e. The number of rotatable bonds is 3. The van der Waals surface area contributed by atoms with Gasteiger partial charge in [-0.2, -0.15) is 0 Å². The molecule has 0 atom stereocenters. The minimum Gasteiger partial charge on any atom is -0.301 e. The van der Waals surface area contributed by atoms with E-state index in [1.54, 1.807) is 0 Å². The highest BCUT2D eigenvalue weighted by molar-refractivity contribution is 5.34. The van der Waals surface area contributed by atoms with Crippen LogP contribution < -0.4 is 0 Å². The number of likely N-dealkylation sites (N-methyl/N-ethyl adjacent to an activating group) is 1. The van der Waals surface area contributed by atoms with Crippen LogP contribution in [0.3, 0.4) is 0 Å². The van der Waals surface area contributed by atoms with Gasteiger partial charge >= 0.3 is 0 Å². The fourth-order valence-corrected chi connectivity index (χ4v) is 2.23. The summed E-state index contributed by atoms with van der Waals surface area (Å²) in [4.78, 5) is 5.01. The van der Waals surface area contributed by atoms with Crippen molar-refractivity contribution in [1.29, 1.82) is 0 Å². The molecular formula is C15H20N2. The quantitative estimate of drug-likeness (QED) is 0.728. The first kappa shape index (κ1) is 12.2. The van der Waals surface area contributed by atoms with Crippen molar-refractivity contribution in [2.75, 3.05) is 32.7 Å². The van der Waals surface area contributed by atoms with E-state index >= 15 is 0 Å². The Hall–Kier alpha value is -1.30.